The first-order valence-electron chi connectivity index (χ1n) is 7.73. The van der Waals surface area contributed by atoms with Crippen molar-refractivity contribution in [3.63, 3.8) is 0 Å². The number of ether oxygens (including phenoxy) is 1. The average Bonchev–Trinajstić information content (AvgIpc) is 2.90. The summed E-state index contributed by atoms with van der Waals surface area (Å²) < 4.78 is 8.02. The lowest BCUT2D eigenvalue weighted by molar-refractivity contribution is 0.0600. The molecule has 3 rings (SSSR count). The summed E-state index contributed by atoms with van der Waals surface area (Å²) in [6.45, 7) is 5.86. The standard InChI is InChI=1S/C18H19N3O3/c1-11(2)20-9-13-16(14(10-20)18(23)24-4)19-21(17(13)22)15-8-6-5-7-12(15)3/h5-11H,1-4H3. The number of carbonyl (C=O) groups is 1. The van der Waals surface area contributed by atoms with Crippen molar-refractivity contribution in [2.45, 2.75) is 26.8 Å². The third-order valence-corrected chi connectivity index (χ3v) is 4.03. The van der Waals surface area contributed by atoms with Crippen LogP contribution in [0.25, 0.3) is 16.9 Å². The number of esters is 1. The molecule has 6 heteroatoms. The van der Waals surface area contributed by atoms with Crippen molar-refractivity contribution in [1.29, 1.82) is 0 Å². The Balaban J connectivity index is 2.34. The molecule has 0 radical (unpaired) electrons. The molecule has 124 valence electrons. The molecule has 1 aromatic carbocycles. The van der Waals surface area contributed by atoms with Gasteiger partial charge in [0.15, 0.2) is 0 Å². The van der Waals surface area contributed by atoms with E-state index in [4.69, 9.17) is 4.74 Å². The molecule has 0 aromatic heterocycles. The highest BCUT2D eigenvalue weighted by atomic mass is 16.5. The number of hydrogen-bond donors (Lipinski definition) is 0. The third kappa shape index (κ3) is 2.50. The van der Waals surface area contributed by atoms with Gasteiger partial charge in [-0.05, 0) is 32.4 Å². The van der Waals surface area contributed by atoms with Crippen LogP contribution in [0.15, 0.2) is 41.5 Å². The van der Waals surface area contributed by atoms with E-state index in [1.807, 2.05) is 49.6 Å². The Morgan fingerprint density at radius 1 is 1.21 bits per heavy atom. The molecule has 0 N–H and O–H groups in total. The van der Waals surface area contributed by atoms with Crippen LogP contribution >= 0.6 is 0 Å². The van der Waals surface area contributed by atoms with Gasteiger partial charge in [0, 0.05) is 18.4 Å². The van der Waals surface area contributed by atoms with E-state index in [-0.39, 0.29) is 17.2 Å². The molecule has 0 bridgehead atoms. The molecule has 0 fully saturated rings. The summed E-state index contributed by atoms with van der Waals surface area (Å²) in [5.41, 5.74) is 2.42. The summed E-state index contributed by atoms with van der Waals surface area (Å²) in [5.74, 6) is -0.510. The highest BCUT2D eigenvalue weighted by Crippen LogP contribution is 2.25. The minimum atomic E-state index is -0.510. The summed E-state index contributed by atoms with van der Waals surface area (Å²) in [6, 6.07) is 7.59. The molecule has 0 atom stereocenters. The highest BCUT2D eigenvalue weighted by Gasteiger charge is 2.25. The lowest BCUT2D eigenvalue weighted by Gasteiger charge is -2.14. The normalized spacial score (nSPS) is 11.2. The van der Waals surface area contributed by atoms with E-state index in [1.54, 1.807) is 12.4 Å². The molecule has 0 amide bonds. The number of benzene rings is 1. The molecule has 1 aromatic rings. The quantitative estimate of drug-likeness (QED) is 0.695. The summed E-state index contributed by atoms with van der Waals surface area (Å²) >= 11 is 0. The third-order valence-electron chi connectivity index (χ3n) is 4.03. The molecule has 2 heterocycles. The first kappa shape index (κ1) is 16.0. The lowest BCUT2D eigenvalue weighted by atomic mass is 10.1. The summed E-state index contributed by atoms with van der Waals surface area (Å²) in [7, 11) is 1.32. The van der Waals surface area contributed by atoms with E-state index in [0.29, 0.717) is 16.9 Å². The largest absolute Gasteiger partial charge is 0.465 e. The number of carbonyl (C=O) groups excluding carboxylic acids is 1. The zero-order chi connectivity index (χ0) is 17.4. The monoisotopic (exact) mass is 325 g/mol. The second-order valence-corrected chi connectivity index (χ2v) is 5.97. The Kier molecular flexibility index (Phi) is 3.97. The highest BCUT2D eigenvalue weighted by molar-refractivity contribution is 5.96. The number of fused-ring (bicyclic) bond motifs is 1. The Morgan fingerprint density at radius 3 is 2.54 bits per heavy atom. The fourth-order valence-corrected chi connectivity index (χ4v) is 2.65. The van der Waals surface area contributed by atoms with Gasteiger partial charge in [0.2, 0.25) is 0 Å². The molecular weight excluding hydrogens is 306 g/mol. The Hall–Kier alpha value is -2.89. The molecule has 2 aliphatic heterocycles. The van der Waals surface area contributed by atoms with Crippen LogP contribution in [0.2, 0.25) is 0 Å². The van der Waals surface area contributed by atoms with Crippen molar-refractivity contribution in [1.82, 2.24) is 14.3 Å². The van der Waals surface area contributed by atoms with Gasteiger partial charge >= 0.3 is 5.97 Å². The maximum Gasteiger partial charge on any atom is 0.341 e. The number of rotatable bonds is 3. The number of para-hydroxylation sites is 1. The molecule has 2 aliphatic rings. The van der Waals surface area contributed by atoms with Gasteiger partial charge in [0.25, 0.3) is 5.56 Å². The molecular formula is C18H19N3O3. The maximum atomic E-state index is 12.9. The van der Waals surface area contributed by atoms with Crippen LogP contribution in [0.3, 0.4) is 0 Å². The van der Waals surface area contributed by atoms with Gasteiger partial charge in [0.1, 0.15) is 11.3 Å². The van der Waals surface area contributed by atoms with E-state index in [1.165, 1.54) is 11.8 Å². The molecule has 0 aliphatic carbocycles. The first-order valence-corrected chi connectivity index (χ1v) is 7.73. The smallest absolute Gasteiger partial charge is 0.341 e. The van der Waals surface area contributed by atoms with Crippen molar-refractivity contribution in [3.05, 3.63) is 58.1 Å². The fraction of sp³-hybridized carbons (Fsp3) is 0.278. The van der Waals surface area contributed by atoms with Crippen molar-refractivity contribution < 1.29 is 9.53 Å². The number of pyridine rings is 1. The number of hydrogen-bond acceptors (Lipinski definition) is 4. The minimum Gasteiger partial charge on any atom is -0.465 e. The second-order valence-electron chi connectivity index (χ2n) is 5.97. The van der Waals surface area contributed by atoms with Crippen LogP contribution in [0, 0.1) is 6.92 Å². The Bertz CT molecular complexity index is 937. The predicted octanol–water partition coefficient (Wildman–Crippen LogP) is 2.81. The van der Waals surface area contributed by atoms with E-state index >= 15 is 0 Å². The Labute approximate surface area is 139 Å². The topological polar surface area (TPSA) is 66.1 Å². The van der Waals surface area contributed by atoms with E-state index in [9.17, 15) is 9.59 Å². The number of aromatic nitrogens is 3. The van der Waals surface area contributed by atoms with Crippen LogP contribution in [-0.4, -0.2) is 27.4 Å². The van der Waals surface area contributed by atoms with E-state index in [0.717, 1.165) is 5.56 Å². The van der Waals surface area contributed by atoms with Gasteiger partial charge in [-0.25, -0.2) is 4.79 Å². The summed E-state index contributed by atoms with van der Waals surface area (Å²) in [5, 5.41) is 4.40. The van der Waals surface area contributed by atoms with Crippen LogP contribution in [-0.2, 0) is 4.74 Å². The van der Waals surface area contributed by atoms with Crippen molar-refractivity contribution in [2.75, 3.05) is 7.11 Å². The van der Waals surface area contributed by atoms with Gasteiger partial charge in [-0.2, -0.15) is 9.78 Å². The lowest BCUT2D eigenvalue weighted by Crippen LogP contribution is -2.16. The van der Waals surface area contributed by atoms with E-state index in [2.05, 4.69) is 5.10 Å². The van der Waals surface area contributed by atoms with Crippen molar-refractivity contribution in [3.8, 4) is 16.9 Å². The number of aryl methyl sites for hydroxylation is 1. The van der Waals surface area contributed by atoms with Gasteiger partial charge in [-0.3, -0.25) is 4.79 Å². The maximum absolute atomic E-state index is 12.9. The van der Waals surface area contributed by atoms with Crippen LogP contribution in [0.1, 0.15) is 35.8 Å². The predicted molar refractivity (Wildman–Crippen MR) is 90.9 cm³/mol. The summed E-state index contributed by atoms with van der Waals surface area (Å²) in [4.78, 5) is 25.0. The second kappa shape index (κ2) is 5.96. The molecule has 24 heavy (non-hydrogen) atoms. The van der Waals surface area contributed by atoms with Gasteiger partial charge in [-0.1, -0.05) is 18.2 Å². The average molecular weight is 325 g/mol. The molecule has 0 unspecified atom stereocenters. The molecule has 6 nitrogen and oxygen atoms in total. The van der Waals surface area contributed by atoms with Crippen LogP contribution in [0.5, 0.6) is 0 Å². The van der Waals surface area contributed by atoms with Crippen molar-refractivity contribution >= 4 is 5.97 Å². The minimum absolute atomic E-state index is 0.0963. The zero-order valence-electron chi connectivity index (χ0n) is 14.1. The molecule has 0 saturated heterocycles. The molecule has 0 saturated carbocycles. The fourth-order valence-electron chi connectivity index (χ4n) is 2.65. The van der Waals surface area contributed by atoms with E-state index < -0.39 is 5.97 Å². The number of methoxy groups -OCH3 is 1. The van der Waals surface area contributed by atoms with Crippen LogP contribution in [0.4, 0.5) is 0 Å². The Morgan fingerprint density at radius 2 is 1.92 bits per heavy atom. The molecule has 0 spiro atoms. The summed E-state index contributed by atoms with van der Waals surface area (Å²) in [6.07, 6.45) is 3.41. The van der Waals surface area contributed by atoms with Crippen LogP contribution < -0.4 is 5.56 Å². The zero-order valence-corrected chi connectivity index (χ0v) is 14.1. The van der Waals surface area contributed by atoms with Gasteiger partial charge in [-0.15, -0.1) is 0 Å². The number of nitrogens with zero attached hydrogens (tertiary/aromatic N) is 3. The van der Waals surface area contributed by atoms with Gasteiger partial charge in [0.05, 0.1) is 18.4 Å². The van der Waals surface area contributed by atoms with Gasteiger partial charge < -0.3 is 9.30 Å². The first-order chi connectivity index (χ1) is 11.4. The SMILES string of the molecule is COC(=O)c1cn(C(C)C)cc2c(=O)n(-c3ccccc3C)nc1-2. The van der Waals surface area contributed by atoms with Crippen molar-refractivity contribution in [2.24, 2.45) is 0 Å².